The van der Waals surface area contributed by atoms with E-state index in [1.807, 2.05) is 12.1 Å². The maximum atomic E-state index is 12.6. The second kappa shape index (κ2) is 5.86. The first-order valence-corrected chi connectivity index (χ1v) is 10.0. The van der Waals surface area contributed by atoms with Crippen molar-refractivity contribution >= 4 is 5.97 Å². The van der Waals surface area contributed by atoms with Crippen LogP contribution in [-0.2, 0) is 10.2 Å². The van der Waals surface area contributed by atoms with Gasteiger partial charge in [0.2, 0.25) is 0 Å². The molecule has 0 atom stereocenters. The number of hydrogen-bond acceptors (Lipinski definition) is 2. The lowest BCUT2D eigenvalue weighted by Gasteiger charge is -2.56. The monoisotopic (exact) mass is 340 g/mol. The van der Waals surface area contributed by atoms with Gasteiger partial charge in [-0.3, -0.25) is 0 Å². The Kier molecular flexibility index (Phi) is 4.01. The smallest absolute Gasteiger partial charge is 0.338 e. The minimum Gasteiger partial charge on any atom is -0.462 e. The van der Waals surface area contributed by atoms with E-state index in [1.165, 1.54) is 49.7 Å². The summed E-state index contributed by atoms with van der Waals surface area (Å²) in [6.45, 7) is 9.35. The molecule has 0 unspecified atom stereocenters. The molecule has 0 N–H and O–H groups in total. The molecule has 0 radical (unpaired) electrons. The minimum atomic E-state index is -0.140. The van der Waals surface area contributed by atoms with E-state index in [2.05, 4.69) is 33.8 Å². The van der Waals surface area contributed by atoms with Crippen molar-refractivity contribution in [3.63, 3.8) is 0 Å². The fraction of sp³-hybridized carbons (Fsp3) is 0.696. The minimum absolute atomic E-state index is 0.103. The Labute approximate surface area is 152 Å². The van der Waals surface area contributed by atoms with E-state index in [4.69, 9.17) is 4.74 Å². The molecule has 0 amide bonds. The molecule has 5 rings (SSSR count). The van der Waals surface area contributed by atoms with Crippen LogP contribution >= 0.6 is 0 Å². The number of aryl methyl sites for hydroxylation is 1. The molecule has 2 nitrogen and oxygen atoms in total. The molecule has 0 heterocycles. The molecule has 4 aliphatic carbocycles. The SMILES string of the molecule is Cc1cc(C(=O)OCC23CC4CC(CC(C4)C2)C3)ccc1C(C)(C)C. The third kappa shape index (κ3) is 3.25. The molecule has 0 aromatic heterocycles. The first kappa shape index (κ1) is 17.1. The normalized spacial score (nSPS) is 33.5. The standard InChI is InChI=1S/C23H32O2/c1-15-7-19(5-6-20(15)22(2,3)4)21(24)25-14-23-11-16-8-17(12-23)10-18(9-16)13-23/h5-7,16-18H,8-14H2,1-4H3. The maximum Gasteiger partial charge on any atom is 0.338 e. The van der Waals surface area contributed by atoms with Gasteiger partial charge < -0.3 is 4.74 Å². The Balaban J connectivity index is 1.44. The molecule has 1 aromatic carbocycles. The number of benzene rings is 1. The van der Waals surface area contributed by atoms with Gasteiger partial charge in [0.15, 0.2) is 0 Å². The number of esters is 1. The summed E-state index contributed by atoms with van der Waals surface area (Å²) in [5.41, 5.74) is 3.58. The quantitative estimate of drug-likeness (QED) is 0.663. The maximum absolute atomic E-state index is 12.6. The van der Waals surface area contributed by atoms with E-state index in [0.717, 1.165) is 17.8 Å². The summed E-state index contributed by atoms with van der Waals surface area (Å²) in [6, 6.07) is 6.04. The zero-order valence-corrected chi connectivity index (χ0v) is 16.2. The number of carbonyl (C=O) groups excluding carboxylic acids is 1. The number of hydrogen-bond donors (Lipinski definition) is 0. The van der Waals surface area contributed by atoms with Gasteiger partial charge in [0.1, 0.15) is 0 Å². The number of ether oxygens (including phenoxy) is 1. The highest BCUT2D eigenvalue weighted by Gasteiger charge is 2.51. The van der Waals surface area contributed by atoms with Gasteiger partial charge in [-0.1, -0.05) is 26.8 Å². The Hall–Kier alpha value is -1.31. The molecule has 4 saturated carbocycles. The lowest BCUT2D eigenvalue weighted by atomic mass is 9.50. The lowest BCUT2D eigenvalue weighted by molar-refractivity contribution is -0.0848. The molecule has 136 valence electrons. The summed E-state index contributed by atoms with van der Waals surface area (Å²) in [6.07, 6.45) is 8.15. The Morgan fingerprint density at radius 1 is 1.08 bits per heavy atom. The summed E-state index contributed by atoms with van der Waals surface area (Å²) in [5, 5.41) is 0. The summed E-state index contributed by atoms with van der Waals surface area (Å²) in [7, 11) is 0. The highest BCUT2D eigenvalue weighted by atomic mass is 16.5. The van der Waals surface area contributed by atoms with Crippen LogP contribution in [-0.4, -0.2) is 12.6 Å². The number of rotatable bonds is 3. The van der Waals surface area contributed by atoms with Gasteiger partial charge in [-0.25, -0.2) is 4.79 Å². The van der Waals surface area contributed by atoms with E-state index in [9.17, 15) is 4.79 Å². The fourth-order valence-corrected chi connectivity index (χ4v) is 6.40. The molecule has 0 spiro atoms. The van der Waals surface area contributed by atoms with Crippen LogP contribution in [0.3, 0.4) is 0 Å². The predicted molar refractivity (Wildman–Crippen MR) is 101 cm³/mol. The topological polar surface area (TPSA) is 26.3 Å². The van der Waals surface area contributed by atoms with Crippen LogP contribution in [0, 0.1) is 30.1 Å². The molecule has 4 aliphatic rings. The molecule has 25 heavy (non-hydrogen) atoms. The van der Waals surface area contributed by atoms with Crippen LogP contribution in [0.5, 0.6) is 0 Å². The van der Waals surface area contributed by atoms with Crippen molar-refractivity contribution in [2.24, 2.45) is 23.2 Å². The fourth-order valence-electron chi connectivity index (χ4n) is 6.40. The third-order valence-corrected chi connectivity index (χ3v) is 6.94. The Morgan fingerprint density at radius 2 is 1.64 bits per heavy atom. The first-order valence-electron chi connectivity index (χ1n) is 10.0. The van der Waals surface area contributed by atoms with Gasteiger partial charge in [-0.2, -0.15) is 0 Å². The average Bonchev–Trinajstić information content (AvgIpc) is 2.50. The lowest BCUT2D eigenvalue weighted by Crippen LogP contribution is -2.48. The number of carbonyl (C=O) groups is 1. The van der Waals surface area contributed by atoms with Gasteiger partial charge in [0.25, 0.3) is 0 Å². The second-order valence-corrected chi connectivity index (χ2v) is 10.3. The molecule has 4 bridgehead atoms. The van der Waals surface area contributed by atoms with Crippen molar-refractivity contribution in [1.29, 1.82) is 0 Å². The summed E-state index contributed by atoms with van der Waals surface area (Å²) < 4.78 is 5.85. The summed E-state index contributed by atoms with van der Waals surface area (Å²) in [4.78, 5) is 12.6. The molecule has 4 fully saturated rings. The first-order chi connectivity index (χ1) is 11.7. The largest absolute Gasteiger partial charge is 0.462 e. The van der Waals surface area contributed by atoms with Crippen molar-refractivity contribution in [3.8, 4) is 0 Å². The van der Waals surface area contributed by atoms with E-state index in [-0.39, 0.29) is 11.4 Å². The van der Waals surface area contributed by atoms with Crippen LogP contribution in [0.25, 0.3) is 0 Å². The molecular formula is C23H32O2. The van der Waals surface area contributed by atoms with Gasteiger partial charge in [-0.05, 0) is 91.9 Å². The van der Waals surface area contributed by atoms with Crippen molar-refractivity contribution in [3.05, 3.63) is 34.9 Å². The molecular weight excluding hydrogens is 308 g/mol. The molecule has 1 aromatic rings. The van der Waals surface area contributed by atoms with Crippen LogP contribution in [0.1, 0.15) is 80.8 Å². The summed E-state index contributed by atoms with van der Waals surface area (Å²) >= 11 is 0. The zero-order valence-electron chi connectivity index (χ0n) is 16.2. The highest BCUT2D eigenvalue weighted by molar-refractivity contribution is 5.89. The predicted octanol–water partition coefficient (Wildman–Crippen LogP) is 5.67. The van der Waals surface area contributed by atoms with E-state index < -0.39 is 0 Å². The van der Waals surface area contributed by atoms with Crippen molar-refractivity contribution in [2.45, 2.75) is 71.6 Å². The Morgan fingerprint density at radius 3 is 2.12 bits per heavy atom. The van der Waals surface area contributed by atoms with Crippen LogP contribution < -0.4 is 0 Å². The van der Waals surface area contributed by atoms with Crippen LogP contribution in [0.4, 0.5) is 0 Å². The molecule has 2 heteroatoms. The highest BCUT2D eigenvalue weighted by Crippen LogP contribution is 2.60. The molecule has 0 saturated heterocycles. The van der Waals surface area contributed by atoms with Crippen LogP contribution in [0.15, 0.2) is 18.2 Å². The van der Waals surface area contributed by atoms with Gasteiger partial charge in [0, 0.05) is 5.41 Å². The van der Waals surface area contributed by atoms with Crippen molar-refractivity contribution < 1.29 is 9.53 Å². The average molecular weight is 341 g/mol. The summed E-state index contributed by atoms with van der Waals surface area (Å²) in [5.74, 6) is 2.56. The van der Waals surface area contributed by atoms with Crippen LogP contribution in [0.2, 0.25) is 0 Å². The third-order valence-electron chi connectivity index (χ3n) is 6.94. The Bertz CT molecular complexity index is 645. The van der Waals surface area contributed by atoms with Gasteiger partial charge >= 0.3 is 5.97 Å². The second-order valence-electron chi connectivity index (χ2n) is 10.3. The van der Waals surface area contributed by atoms with Gasteiger partial charge in [-0.15, -0.1) is 0 Å². The van der Waals surface area contributed by atoms with Crippen molar-refractivity contribution in [1.82, 2.24) is 0 Å². The van der Waals surface area contributed by atoms with E-state index in [1.54, 1.807) is 0 Å². The zero-order chi connectivity index (χ0) is 17.8. The molecule has 0 aliphatic heterocycles. The van der Waals surface area contributed by atoms with Crippen molar-refractivity contribution in [2.75, 3.05) is 6.61 Å². The van der Waals surface area contributed by atoms with E-state index >= 15 is 0 Å². The van der Waals surface area contributed by atoms with E-state index in [0.29, 0.717) is 17.6 Å². The van der Waals surface area contributed by atoms with Gasteiger partial charge in [0.05, 0.1) is 12.2 Å².